The van der Waals surface area contributed by atoms with Gasteiger partial charge in [-0.1, -0.05) is 0 Å². The smallest absolute Gasteiger partial charge is 0.162 e. The molecule has 1 unspecified atom stereocenters. The molecule has 0 radical (unpaired) electrons. The second kappa shape index (κ2) is 8.05. The molecule has 1 aromatic carbocycles. The van der Waals surface area contributed by atoms with Crippen LogP contribution in [0, 0.1) is 0 Å². The number of hydrogen-bond acceptors (Lipinski definition) is 5. The molecule has 5 heteroatoms. The minimum Gasteiger partial charge on any atom is -0.486 e. The Kier molecular flexibility index (Phi) is 6.39. The van der Waals surface area contributed by atoms with Gasteiger partial charge in [0.25, 0.3) is 0 Å². The molecule has 0 aromatic heterocycles. The van der Waals surface area contributed by atoms with E-state index in [9.17, 15) is 0 Å². The van der Waals surface area contributed by atoms with Crippen LogP contribution in [0.25, 0.3) is 0 Å². The molecule has 1 atom stereocenters. The summed E-state index contributed by atoms with van der Waals surface area (Å²) in [6, 6.07) is 4.75. The third-order valence-electron chi connectivity index (χ3n) is 3.34. The van der Waals surface area contributed by atoms with E-state index in [2.05, 4.69) is 36.9 Å². The maximum atomic E-state index is 5.67. The summed E-state index contributed by atoms with van der Waals surface area (Å²) in [7, 11) is 0. The average molecular weight is 313 g/mol. The van der Waals surface area contributed by atoms with E-state index in [4.69, 9.17) is 9.47 Å². The van der Waals surface area contributed by atoms with Crippen LogP contribution in [0.4, 0.5) is 0 Å². The highest BCUT2D eigenvalue weighted by Gasteiger charge is 2.15. The van der Waals surface area contributed by atoms with E-state index in [1.807, 2.05) is 11.8 Å². The van der Waals surface area contributed by atoms with Crippen molar-refractivity contribution in [1.82, 2.24) is 5.32 Å². The summed E-state index contributed by atoms with van der Waals surface area (Å²) in [5.74, 6) is 2.95. The second-order valence-corrected chi connectivity index (χ2v) is 6.70. The molecule has 0 bridgehead atoms. The van der Waals surface area contributed by atoms with Gasteiger partial charge in [-0.15, -0.1) is 11.8 Å². The molecule has 1 aliphatic rings. The summed E-state index contributed by atoms with van der Waals surface area (Å²) in [5.41, 5.74) is 1.29. The largest absolute Gasteiger partial charge is 0.486 e. The van der Waals surface area contributed by atoms with E-state index < -0.39 is 0 Å². The molecule has 0 saturated heterocycles. The van der Waals surface area contributed by atoms with E-state index in [1.165, 1.54) is 22.6 Å². The fraction of sp³-hybridized carbons (Fsp3) is 0.600. The molecule has 1 N–H and O–H groups in total. The normalized spacial score (nSPS) is 15.2. The third-order valence-corrected chi connectivity index (χ3v) is 4.81. The Morgan fingerprint density at radius 3 is 2.55 bits per heavy atom. The van der Waals surface area contributed by atoms with Crippen LogP contribution in [0.3, 0.4) is 0 Å². The van der Waals surface area contributed by atoms with Gasteiger partial charge in [-0.05, 0) is 49.3 Å². The number of ether oxygens (including phenoxy) is 2. The van der Waals surface area contributed by atoms with E-state index in [-0.39, 0.29) is 0 Å². The Morgan fingerprint density at radius 1 is 1.20 bits per heavy atom. The van der Waals surface area contributed by atoms with Crippen molar-refractivity contribution in [3.63, 3.8) is 0 Å². The van der Waals surface area contributed by atoms with E-state index in [1.54, 1.807) is 11.8 Å². The van der Waals surface area contributed by atoms with E-state index in [0.29, 0.717) is 19.3 Å². The average Bonchev–Trinajstić information content (AvgIpc) is 2.49. The summed E-state index contributed by atoms with van der Waals surface area (Å²) in [6.07, 6.45) is 5.45. The lowest BCUT2D eigenvalue weighted by molar-refractivity contribution is 0.171. The van der Waals surface area contributed by atoms with Crippen molar-refractivity contribution >= 4 is 23.5 Å². The summed E-state index contributed by atoms with van der Waals surface area (Å²) < 4.78 is 11.3. The first-order valence-corrected chi connectivity index (χ1v) is 9.55. The molecule has 0 spiro atoms. The monoisotopic (exact) mass is 313 g/mol. The van der Waals surface area contributed by atoms with Crippen LogP contribution in [0.5, 0.6) is 11.5 Å². The first-order valence-electron chi connectivity index (χ1n) is 6.93. The van der Waals surface area contributed by atoms with Gasteiger partial charge >= 0.3 is 0 Å². The van der Waals surface area contributed by atoms with Crippen LogP contribution in [0.15, 0.2) is 17.0 Å². The van der Waals surface area contributed by atoms with Gasteiger partial charge in [0.05, 0.1) is 0 Å². The lowest BCUT2D eigenvalue weighted by Crippen LogP contribution is -2.26. The SMILES string of the molecule is CSCCC(C)NCc1cc2c(cc1SC)OCCO2. The van der Waals surface area contributed by atoms with Crippen molar-refractivity contribution in [2.45, 2.75) is 30.8 Å². The standard InChI is InChI=1S/C15H23NO2S2/c1-11(4-7-19-2)16-10-12-8-13-14(9-15(12)20-3)18-6-5-17-13/h8-9,11,16H,4-7,10H2,1-3H3. The molecule has 0 fully saturated rings. The minimum atomic E-state index is 0.533. The first-order chi connectivity index (χ1) is 9.74. The highest BCUT2D eigenvalue weighted by Crippen LogP contribution is 2.36. The first kappa shape index (κ1) is 15.9. The van der Waals surface area contributed by atoms with Crippen LogP contribution in [0.2, 0.25) is 0 Å². The molecule has 0 saturated carbocycles. The van der Waals surface area contributed by atoms with Crippen molar-refractivity contribution in [2.75, 3.05) is 31.5 Å². The fourth-order valence-corrected chi connectivity index (χ4v) is 3.33. The summed E-state index contributed by atoms with van der Waals surface area (Å²) in [6.45, 7) is 4.40. The number of benzene rings is 1. The van der Waals surface area contributed by atoms with Crippen LogP contribution in [0.1, 0.15) is 18.9 Å². The van der Waals surface area contributed by atoms with Crippen LogP contribution < -0.4 is 14.8 Å². The molecule has 0 aliphatic carbocycles. The summed E-state index contributed by atoms with van der Waals surface area (Å²) in [5, 5.41) is 3.59. The predicted octanol–water partition coefficient (Wildman–Crippen LogP) is 3.41. The third kappa shape index (κ3) is 4.24. The highest BCUT2D eigenvalue weighted by molar-refractivity contribution is 7.98. The molecule has 1 aliphatic heterocycles. The lowest BCUT2D eigenvalue weighted by Gasteiger charge is -2.21. The maximum absolute atomic E-state index is 5.67. The second-order valence-electron chi connectivity index (χ2n) is 4.87. The molecule has 1 heterocycles. The molecule has 3 nitrogen and oxygen atoms in total. The van der Waals surface area contributed by atoms with Crippen molar-refractivity contribution in [2.24, 2.45) is 0 Å². The molecule has 1 aromatic rings. The van der Waals surface area contributed by atoms with Gasteiger partial charge in [-0.3, -0.25) is 0 Å². The molecular formula is C15H23NO2S2. The van der Waals surface area contributed by atoms with Gasteiger partial charge in [0.2, 0.25) is 0 Å². The van der Waals surface area contributed by atoms with Crippen LogP contribution in [-0.2, 0) is 6.54 Å². The van der Waals surface area contributed by atoms with Crippen LogP contribution in [-0.4, -0.2) is 37.5 Å². The van der Waals surface area contributed by atoms with E-state index >= 15 is 0 Å². The van der Waals surface area contributed by atoms with Crippen LogP contribution >= 0.6 is 23.5 Å². The quantitative estimate of drug-likeness (QED) is 0.780. The maximum Gasteiger partial charge on any atom is 0.162 e. The molecular weight excluding hydrogens is 290 g/mol. The summed E-state index contributed by atoms with van der Waals surface area (Å²) >= 11 is 3.66. The molecule has 20 heavy (non-hydrogen) atoms. The number of nitrogens with one attached hydrogen (secondary N) is 1. The van der Waals surface area contributed by atoms with Crippen molar-refractivity contribution < 1.29 is 9.47 Å². The number of fused-ring (bicyclic) bond motifs is 1. The Labute approximate surface area is 130 Å². The molecule has 0 amide bonds. The predicted molar refractivity (Wildman–Crippen MR) is 88.5 cm³/mol. The van der Waals surface area contributed by atoms with Crippen molar-refractivity contribution in [3.8, 4) is 11.5 Å². The number of hydrogen-bond donors (Lipinski definition) is 1. The molecule has 2 rings (SSSR count). The van der Waals surface area contributed by atoms with Gasteiger partial charge in [0.15, 0.2) is 11.5 Å². The van der Waals surface area contributed by atoms with Gasteiger partial charge < -0.3 is 14.8 Å². The Hall–Kier alpha value is -0.520. The topological polar surface area (TPSA) is 30.5 Å². The zero-order chi connectivity index (χ0) is 14.4. The zero-order valence-electron chi connectivity index (χ0n) is 12.4. The summed E-state index contributed by atoms with van der Waals surface area (Å²) in [4.78, 5) is 1.26. The van der Waals surface area contributed by atoms with Crippen molar-refractivity contribution in [1.29, 1.82) is 0 Å². The van der Waals surface area contributed by atoms with Gasteiger partial charge in [-0.2, -0.15) is 11.8 Å². The van der Waals surface area contributed by atoms with E-state index in [0.717, 1.165) is 18.0 Å². The number of rotatable bonds is 7. The van der Waals surface area contributed by atoms with Crippen molar-refractivity contribution in [3.05, 3.63) is 17.7 Å². The Bertz CT molecular complexity index is 440. The lowest BCUT2D eigenvalue weighted by atomic mass is 10.1. The zero-order valence-corrected chi connectivity index (χ0v) is 14.0. The van der Waals surface area contributed by atoms with Gasteiger partial charge in [0, 0.05) is 17.5 Å². The Morgan fingerprint density at radius 2 is 1.90 bits per heavy atom. The number of thioether (sulfide) groups is 2. The van der Waals surface area contributed by atoms with Gasteiger partial charge in [0.1, 0.15) is 13.2 Å². The fourth-order valence-electron chi connectivity index (χ4n) is 2.12. The minimum absolute atomic E-state index is 0.533. The molecule has 112 valence electrons. The Balaban J connectivity index is 2.02. The highest BCUT2D eigenvalue weighted by atomic mass is 32.2. The van der Waals surface area contributed by atoms with Gasteiger partial charge in [-0.25, -0.2) is 0 Å².